The summed E-state index contributed by atoms with van der Waals surface area (Å²) < 4.78 is 0. The van der Waals surface area contributed by atoms with Gasteiger partial charge in [-0.15, -0.1) is 11.3 Å². The van der Waals surface area contributed by atoms with Crippen molar-refractivity contribution in [1.29, 1.82) is 5.26 Å². The highest BCUT2D eigenvalue weighted by Crippen LogP contribution is 2.40. The van der Waals surface area contributed by atoms with Gasteiger partial charge in [-0.1, -0.05) is 32.1 Å². The number of thiophene rings is 1. The lowest BCUT2D eigenvalue weighted by Crippen LogP contribution is -2.37. The number of rotatable bonds is 4. The minimum absolute atomic E-state index is 0.638. The first-order valence-corrected chi connectivity index (χ1v) is 11.5. The van der Waals surface area contributed by atoms with Crippen LogP contribution in [-0.4, -0.2) is 23.7 Å². The van der Waals surface area contributed by atoms with Crippen LogP contribution < -0.4 is 0 Å². The summed E-state index contributed by atoms with van der Waals surface area (Å²) in [6, 6.07) is 3.03. The van der Waals surface area contributed by atoms with Crippen LogP contribution in [0, 0.1) is 37.0 Å². The van der Waals surface area contributed by atoms with Crippen molar-refractivity contribution in [3.8, 4) is 6.07 Å². The zero-order valence-corrected chi connectivity index (χ0v) is 17.5. The van der Waals surface area contributed by atoms with E-state index < -0.39 is 0 Å². The molecular formula is C23H31N3S. The summed E-state index contributed by atoms with van der Waals surface area (Å²) in [6.45, 7) is 5.35. The smallest absolute Gasteiger partial charge is 0.134 e. The van der Waals surface area contributed by atoms with E-state index in [1.165, 1.54) is 74.8 Å². The van der Waals surface area contributed by atoms with Crippen molar-refractivity contribution in [2.75, 3.05) is 6.54 Å². The zero-order chi connectivity index (χ0) is 18.8. The molecule has 3 aliphatic rings. The van der Waals surface area contributed by atoms with E-state index in [4.69, 9.17) is 4.99 Å². The second-order valence-electron chi connectivity index (χ2n) is 8.62. The minimum Gasteiger partial charge on any atom is -0.373 e. The zero-order valence-electron chi connectivity index (χ0n) is 16.7. The van der Waals surface area contributed by atoms with Crippen molar-refractivity contribution in [2.45, 2.75) is 77.7 Å². The summed E-state index contributed by atoms with van der Waals surface area (Å²) in [5.74, 6) is 1.51. The molecule has 2 heterocycles. The highest BCUT2D eigenvalue weighted by molar-refractivity contribution is 7.16. The Morgan fingerprint density at radius 3 is 2.67 bits per heavy atom. The molecule has 2 saturated carbocycles. The second kappa shape index (κ2) is 8.19. The van der Waals surface area contributed by atoms with Crippen molar-refractivity contribution >= 4 is 22.6 Å². The molecule has 3 nitrogen and oxygen atoms in total. The third-order valence-electron chi connectivity index (χ3n) is 6.90. The lowest BCUT2D eigenvalue weighted by molar-refractivity contribution is 0.164. The molecule has 1 aliphatic heterocycles. The largest absolute Gasteiger partial charge is 0.373 e. The van der Waals surface area contributed by atoms with Crippen LogP contribution in [0.15, 0.2) is 16.8 Å². The minimum atomic E-state index is 0.638. The molecule has 0 saturated heterocycles. The molecule has 4 rings (SSSR count). The third kappa shape index (κ3) is 3.85. The van der Waals surface area contributed by atoms with Gasteiger partial charge < -0.3 is 4.90 Å². The lowest BCUT2D eigenvalue weighted by atomic mass is 9.81. The van der Waals surface area contributed by atoms with E-state index in [-0.39, 0.29) is 0 Å². The van der Waals surface area contributed by atoms with Crippen molar-refractivity contribution in [3.63, 3.8) is 0 Å². The Labute approximate surface area is 167 Å². The Hall–Kier alpha value is -1.60. The van der Waals surface area contributed by atoms with Crippen LogP contribution in [0.5, 0.6) is 0 Å². The van der Waals surface area contributed by atoms with E-state index in [2.05, 4.69) is 30.3 Å². The van der Waals surface area contributed by atoms with Crippen LogP contribution in [0.4, 0.5) is 5.00 Å². The van der Waals surface area contributed by atoms with E-state index in [0.717, 1.165) is 22.0 Å². The van der Waals surface area contributed by atoms with Gasteiger partial charge in [0.15, 0.2) is 0 Å². The monoisotopic (exact) mass is 381 g/mol. The highest BCUT2D eigenvalue weighted by Gasteiger charge is 2.37. The van der Waals surface area contributed by atoms with E-state index in [9.17, 15) is 5.26 Å². The summed E-state index contributed by atoms with van der Waals surface area (Å²) in [4.78, 5) is 8.66. The molecular weight excluding hydrogens is 350 g/mol. The Bertz CT molecular complexity index is 776. The summed E-state index contributed by atoms with van der Waals surface area (Å²) in [6.07, 6.45) is 16.9. The van der Waals surface area contributed by atoms with Gasteiger partial charge in [-0.2, -0.15) is 5.26 Å². The summed E-state index contributed by atoms with van der Waals surface area (Å²) in [5.41, 5.74) is 3.24. The van der Waals surface area contributed by atoms with Gasteiger partial charge in [0.05, 0.1) is 5.56 Å². The predicted octanol–water partition coefficient (Wildman–Crippen LogP) is 6.28. The fraction of sp³-hybridized carbons (Fsp3) is 0.652. The highest BCUT2D eigenvalue weighted by atomic mass is 32.1. The average Bonchev–Trinajstić information content (AvgIpc) is 3.18. The third-order valence-corrected chi connectivity index (χ3v) is 8.02. The molecule has 27 heavy (non-hydrogen) atoms. The molecule has 0 amide bonds. The van der Waals surface area contributed by atoms with Gasteiger partial charge in [0.2, 0.25) is 0 Å². The van der Waals surface area contributed by atoms with Gasteiger partial charge >= 0.3 is 0 Å². The fourth-order valence-corrected chi connectivity index (χ4v) is 6.18. The maximum atomic E-state index is 9.48. The van der Waals surface area contributed by atoms with Gasteiger partial charge in [0.25, 0.3) is 0 Å². The first-order chi connectivity index (χ1) is 13.2. The Kier molecular flexibility index (Phi) is 5.68. The summed E-state index contributed by atoms with van der Waals surface area (Å²) in [5, 5.41) is 10.4. The molecule has 2 atom stereocenters. The summed E-state index contributed by atoms with van der Waals surface area (Å²) >= 11 is 1.65. The number of aryl methyl sites for hydroxylation is 1. The maximum Gasteiger partial charge on any atom is 0.134 e. The second-order valence-corrected chi connectivity index (χ2v) is 9.82. The van der Waals surface area contributed by atoms with Crippen LogP contribution >= 0.6 is 11.3 Å². The van der Waals surface area contributed by atoms with Gasteiger partial charge in [-0.05, 0) is 56.6 Å². The number of fused-ring (bicyclic) bond motifs is 1. The van der Waals surface area contributed by atoms with Crippen molar-refractivity contribution in [1.82, 2.24) is 4.90 Å². The molecule has 144 valence electrons. The van der Waals surface area contributed by atoms with Crippen LogP contribution in [0.3, 0.4) is 0 Å². The molecule has 0 radical (unpaired) electrons. The van der Waals surface area contributed by atoms with Gasteiger partial charge in [-0.3, -0.25) is 0 Å². The number of hydrogen-bond acceptors (Lipinski definition) is 4. The summed E-state index contributed by atoms with van der Waals surface area (Å²) in [7, 11) is 0. The SMILES string of the molecule is Cc1sc(/N=C/C2=CN(CC3CCCCC3)C3CCCCC23)c(C#N)c1C. The predicted molar refractivity (Wildman–Crippen MR) is 114 cm³/mol. The first-order valence-electron chi connectivity index (χ1n) is 10.7. The molecule has 2 fully saturated rings. The normalized spacial score (nSPS) is 26.3. The van der Waals surface area contributed by atoms with Crippen molar-refractivity contribution < 1.29 is 0 Å². The Morgan fingerprint density at radius 1 is 1.15 bits per heavy atom. The molecule has 1 aromatic rings. The molecule has 0 bridgehead atoms. The number of nitrogens with zero attached hydrogens (tertiary/aromatic N) is 3. The fourth-order valence-electron chi connectivity index (χ4n) is 5.23. The quantitative estimate of drug-likeness (QED) is 0.576. The molecule has 2 aliphatic carbocycles. The standard InChI is InChI=1S/C23H31N3S/c1-16-17(2)27-23(21(16)12-24)25-13-19-15-26(14-18-8-4-3-5-9-18)22-11-7-6-10-20(19)22/h13,15,18,20,22H,3-11,14H2,1-2H3/b25-13+. The molecule has 1 aromatic heterocycles. The Balaban J connectivity index is 1.54. The molecule has 0 N–H and O–H groups in total. The van der Waals surface area contributed by atoms with E-state index in [1.54, 1.807) is 11.3 Å². The van der Waals surface area contributed by atoms with Gasteiger partial charge in [0.1, 0.15) is 11.1 Å². The van der Waals surface area contributed by atoms with Crippen molar-refractivity contribution in [3.05, 3.63) is 27.8 Å². The molecule has 4 heteroatoms. The molecule has 2 unspecified atom stereocenters. The van der Waals surface area contributed by atoms with Crippen LogP contribution in [0.2, 0.25) is 0 Å². The number of hydrogen-bond donors (Lipinski definition) is 0. The van der Waals surface area contributed by atoms with E-state index >= 15 is 0 Å². The van der Waals surface area contributed by atoms with Gasteiger partial charge in [-0.25, -0.2) is 4.99 Å². The number of nitriles is 1. The topological polar surface area (TPSA) is 39.4 Å². The van der Waals surface area contributed by atoms with Crippen LogP contribution in [0.1, 0.15) is 73.8 Å². The molecule has 0 aromatic carbocycles. The van der Waals surface area contributed by atoms with E-state index in [1.807, 2.05) is 6.92 Å². The van der Waals surface area contributed by atoms with Crippen molar-refractivity contribution in [2.24, 2.45) is 16.8 Å². The lowest BCUT2D eigenvalue weighted by Gasteiger charge is -2.36. The Morgan fingerprint density at radius 2 is 1.89 bits per heavy atom. The average molecular weight is 382 g/mol. The first kappa shape index (κ1) is 18.7. The molecule has 0 spiro atoms. The number of aliphatic imine (C=N–C) groups is 1. The maximum absolute atomic E-state index is 9.48. The van der Waals surface area contributed by atoms with E-state index in [0.29, 0.717) is 12.0 Å². The van der Waals surface area contributed by atoms with Crippen LogP contribution in [0.25, 0.3) is 0 Å². The van der Waals surface area contributed by atoms with Crippen LogP contribution in [-0.2, 0) is 0 Å². The van der Waals surface area contributed by atoms with Gasteiger partial charge in [0, 0.05) is 35.8 Å².